The smallest absolute Gasteiger partial charge is 0.298 e. The fourth-order valence-electron chi connectivity index (χ4n) is 3.17. The van der Waals surface area contributed by atoms with Crippen molar-refractivity contribution in [1.82, 2.24) is 4.67 Å². The highest BCUT2D eigenvalue weighted by atomic mass is 31.0. The lowest BCUT2D eigenvalue weighted by molar-refractivity contribution is -0.123. The molecule has 2 atom stereocenters. The maximum absolute atomic E-state index is 13.2. The van der Waals surface area contributed by atoms with Crippen molar-refractivity contribution in [3.63, 3.8) is 0 Å². The zero-order chi connectivity index (χ0) is 16.9. The summed E-state index contributed by atoms with van der Waals surface area (Å²) in [6.07, 6.45) is 1.28. The van der Waals surface area contributed by atoms with E-state index in [-0.39, 0.29) is 13.3 Å². The summed E-state index contributed by atoms with van der Waals surface area (Å²) in [6, 6.07) is 20.7. The summed E-state index contributed by atoms with van der Waals surface area (Å²) < 4.78 is 2.10. The van der Waals surface area contributed by atoms with Gasteiger partial charge in [-0.2, -0.15) is 0 Å². The Hall–Kier alpha value is -1.50. The molecule has 0 N–H and O–H groups in total. The Balaban J connectivity index is 0.00000288. The topological polar surface area (TPSA) is 20.3 Å². The zero-order valence-electron chi connectivity index (χ0n) is 15.2. The molecule has 0 aliphatic rings. The molecule has 0 spiro atoms. The van der Waals surface area contributed by atoms with Gasteiger partial charge in [0, 0.05) is 12.5 Å². The second-order valence-electron chi connectivity index (χ2n) is 6.13. The van der Waals surface area contributed by atoms with Gasteiger partial charge < -0.3 is 0 Å². The van der Waals surface area contributed by atoms with E-state index in [1.165, 1.54) is 0 Å². The van der Waals surface area contributed by atoms with Crippen molar-refractivity contribution in [3.8, 4) is 0 Å². The van der Waals surface area contributed by atoms with Crippen LogP contribution < -0.4 is 0 Å². The molecular formula is C20H27NOP+. The van der Waals surface area contributed by atoms with E-state index in [1.54, 1.807) is 0 Å². The molecule has 0 aromatic heterocycles. The fraction of sp³-hybridized carbons (Fsp3) is 0.350. The predicted molar refractivity (Wildman–Crippen MR) is 102 cm³/mol. The van der Waals surface area contributed by atoms with Crippen molar-refractivity contribution in [2.75, 3.05) is 7.05 Å². The maximum Gasteiger partial charge on any atom is 1.00 e. The Labute approximate surface area is 143 Å². The summed E-state index contributed by atoms with van der Waals surface area (Å²) in [4.78, 5) is 13.2. The van der Waals surface area contributed by atoms with Crippen LogP contribution in [0.3, 0.4) is 0 Å². The highest BCUT2D eigenvalue weighted by molar-refractivity contribution is 7.13. The first-order valence-electron chi connectivity index (χ1n) is 8.14. The first kappa shape index (κ1) is 17.8. The second kappa shape index (κ2) is 7.86. The minimum Gasteiger partial charge on any atom is -0.298 e. The molecule has 2 unspecified atom stereocenters. The van der Waals surface area contributed by atoms with Crippen LogP contribution in [0.5, 0.6) is 0 Å². The lowest BCUT2D eigenvalue weighted by Gasteiger charge is -2.37. The number of carbonyl (C=O) groups excluding carboxylic acids is 1. The van der Waals surface area contributed by atoms with Gasteiger partial charge in [0.25, 0.3) is 0 Å². The number of carbonyl (C=O) groups is 1. The molecule has 122 valence electrons. The molecule has 23 heavy (non-hydrogen) atoms. The summed E-state index contributed by atoms with van der Waals surface area (Å²) in [5.74, 6) is 0.272. The largest absolute Gasteiger partial charge is 1.00 e. The van der Waals surface area contributed by atoms with Gasteiger partial charge in [-0.15, -0.1) is 0 Å². The van der Waals surface area contributed by atoms with Gasteiger partial charge in [0.2, 0.25) is 0 Å². The monoisotopic (exact) mass is 328 g/mol. The van der Waals surface area contributed by atoms with Crippen LogP contribution in [-0.2, 0) is 10.2 Å². The average Bonchev–Trinajstić information content (AvgIpc) is 2.60. The molecule has 0 radical (unpaired) electrons. The third-order valence-corrected chi connectivity index (χ3v) is 5.14. The van der Waals surface area contributed by atoms with E-state index in [2.05, 4.69) is 45.3 Å². The molecule has 0 saturated carbocycles. The van der Waals surface area contributed by atoms with E-state index >= 15 is 0 Å². The van der Waals surface area contributed by atoms with Crippen LogP contribution in [-0.4, -0.2) is 23.5 Å². The van der Waals surface area contributed by atoms with E-state index in [4.69, 9.17) is 0 Å². The predicted octanol–water partition coefficient (Wildman–Crippen LogP) is 4.56. The van der Waals surface area contributed by atoms with Crippen molar-refractivity contribution in [1.29, 1.82) is 0 Å². The third-order valence-electron chi connectivity index (χ3n) is 4.63. The summed E-state index contributed by atoms with van der Waals surface area (Å²) in [5, 5.41) is 0. The number of hydrogen-bond acceptors (Lipinski definition) is 2. The van der Waals surface area contributed by atoms with Crippen LogP contribution in [0, 0.1) is 0 Å². The van der Waals surface area contributed by atoms with Crippen molar-refractivity contribution < 1.29 is 6.22 Å². The minimum atomic E-state index is -0.596. The summed E-state index contributed by atoms with van der Waals surface area (Å²) in [5.41, 5.74) is 1.56. The van der Waals surface area contributed by atoms with E-state index in [0.717, 1.165) is 17.5 Å². The van der Waals surface area contributed by atoms with Crippen molar-refractivity contribution in [3.05, 3.63) is 71.8 Å². The molecule has 0 aliphatic heterocycles. The van der Waals surface area contributed by atoms with Crippen LogP contribution in [0.2, 0.25) is 0 Å². The van der Waals surface area contributed by atoms with Crippen molar-refractivity contribution >= 4 is 15.2 Å². The Bertz CT molecular complexity index is 591. The Morgan fingerprint density at radius 1 is 1.09 bits per heavy atom. The maximum atomic E-state index is 13.2. The van der Waals surface area contributed by atoms with Gasteiger partial charge in [-0.3, -0.25) is 9.46 Å². The Morgan fingerprint density at radius 3 is 1.87 bits per heavy atom. The quantitative estimate of drug-likeness (QED) is 0.694. The van der Waals surface area contributed by atoms with Crippen molar-refractivity contribution in [2.24, 2.45) is 0 Å². The number of rotatable bonds is 7. The van der Waals surface area contributed by atoms with Crippen molar-refractivity contribution in [2.45, 2.75) is 38.1 Å². The number of benzene rings is 2. The Morgan fingerprint density at radius 2 is 1.52 bits per heavy atom. The highest BCUT2D eigenvalue weighted by Crippen LogP contribution is 2.39. The highest BCUT2D eigenvalue weighted by Gasteiger charge is 2.41. The van der Waals surface area contributed by atoms with Gasteiger partial charge in [0.1, 0.15) is 5.78 Å². The van der Waals surface area contributed by atoms with E-state index < -0.39 is 5.41 Å². The number of Topliss-reactive ketones (excluding diaryl/α,β-unsaturated/α-hetero) is 1. The van der Waals surface area contributed by atoms with Crippen LogP contribution in [0.25, 0.3) is 0 Å². The van der Waals surface area contributed by atoms with Crippen LogP contribution in [0.4, 0.5) is 0 Å². The van der Waals surface area contributed by atoms with Gasteiger partial charge in [-0.1, -0.05) is 77.0 Å². The number of hydrogen-bond donors (Lipinski definition) is 0. The van der Waals surface area contributed by atoms with Gasteiger partial charge in [-0.25, -0.2) is 0 Å². The van der Waals surface area contributed by atoms with Crippen LogP contribution in [0.15, 0.2) is 60.7 Å². The standard InChI is InChI=1S/C20H26NOP/c1-4-19(22)20(15-16(2)21(3)23,17-11-7-5-8-12-17)18-13-9-6-10-14-18/h5-14,16H,4,15,23H2,1-3H3/p+1. The molecular weight excluding hydrogens is 301 g/mol. The van der Waals surface area contributed by atoms with Gasteiger partial charge >= 0.3 is 1.43 Å². The molecule has 0 amide bonds. The molecule has 2 aromatic rings. The molecule has 0 heterocycles. The molecule has 2 aromatic carbocycles. The lowest BCUT2D eigenvalue weighted by atomic mass is 9.67. The minimum absolute atomic E-state index is 0. The van der Waals surface area contributed by atoms with Gasteiger partial charge in [0.05, 0.1) is 5.41 Å². The SMILES string of the molecule is CCC(=O)C(CC(C)N(C)P)(c1ccccc1)c1ccccc1.[H+]. The summed E-state index contributed by atoms with van der Waals surface area (Å²) in [6.45, 7) is 4.12. The molecule has 3 heteroatoms. The molecule has 0 saturated heterocycles. The number of ketones is 1. The molecule has 2 nitrogen and oxygen atoms in total. The Kier molecular flexibility index (Phi) is 6.10. The van der Waals surface area contributed by atoms with Gasteiger partial charge in [0.15, 0.2) is 0 Å². The first-order valence-corrected chi connectivity index (χ1v) is 8.66. The zero-order valence-corrected chi connectivity index (χ0v) is 15.4. The average molecular weight is 328 g/mol. The van der Waals surface area contributed by atoms with E-state index in [0.29, 0.717) is 6.42 Å². The van der Waals surface area contributed by atoms with Crippen LogP contribution >= 0.6 is 9.39 Å². The first-order chi connectivity index (χ1) is 11.0. The van der Waals surface area contributed by atoms with Crippen LogP contribution in [0.1, 0.15) is 39.2 Å². The van der Waals surface area contributed by atoms with E-state index in [9.17, 15) is 4.79 Å². The molecule has 2 rings (SSSR count). The third kappa shape index (κ3) is 3.71. The second-order valence-corrected chi connectivity index (χ2v) is 6.95. The van der Waals surface area contributed by atoms with Gasteiger partial charge in [-0.05, 0) is 31.5 Å². The normalized spacial score (nSPS) is 13.1. The van der Waals surface area contributed by atoms with E-state index in [1.807, 2.05) is 50.4 Å². The summed E-state index contributed by atoms with van der Waals surface area (Å²) in [7, 11) is 4.75. The molecule has 0 bridgehead atoms. The molecule has 0 aliphatic carbocycles. The lowest BCUT2D eigenvalue weighted by Crippen LogP contribution is -2.42. The fourth-order valence-corrected chi connectivity index (χ4v) is 3.28. The number of nitrogens with zero attached hydrogens (tertiary/aromatic N) is 1. The summed E-state index contributed by atoms with van der Waals surface area (Å²) >= 11 is 0. The molecule has 0 fully saturated rings.